The van der Waals surface area contributed by atoms with Gasteiger partial charge in [0.15, 0.2) is 0 Å². The molecular formula is C19H25FO2. The van der Waals surface area contributed by atoms with Crippen molar-refractivity contribution in [3.8, 4) is 0 Å². The molecule has 0 radical (unpaired) electrons. The number of rotatable bonds is 3. The Morgan fingerprint density at radius 1 is 1.32 bits per heavy atom. The summed E-state index contributed by atoms with van der Waals surface area (Å²) in [6, 6.07) is 5.27. The molecular weight excluding hydrogens is 279 g/mol. The Kier molecular flexibility index (Phi) is 4.74. The lowest BCUT2D eigenvalue weighted by molar-refractivity contribution is -0.130. The molecule has 1 aromatic carbocycles. The van der Waals surface area contributed by atoms with Gasteiger partial charge in [-0.25, -0.2) is 4.39 Å². The number of ketones is 1. The molecule has 2 nitrogen and oxygen atoms in total. The van der Waals surface area contributed by atoms with Crippen LogP contribution in [0.25, 0.3) is 0 Å². The largest absolute Gasteiger partial charge is 0.512 e. The number of allylic oxidation sites excluding steroid dienone is 2. The molecule has 3 heteroatoms. The molecule has 120 valence electrons. The Hall–Kier alpha value is -1.64. The summed E-state index contributed by atoms with van der Waals surface area (Å²) in [5.74, 6) is -0.149. The fourth-order valence-corrected chi connectivity index (χ4v) is 2.98. The average molecular weight is 304 g/mol. The third-order valence-corrected chi connectivity index (χ3v) is 4.38. The van der Waals surface area contributed by atoms with Crippen LogP contribution >= 0.6 is 0 Å². The van der Waals surface area contributed by atoms with E-state index in [0.717, 1.165) is 12.0 Å². The molecule has 2 unspecified atom stereocenters. The predicted octanol–water partition coefficient (Wildman–Crippen LogP) is 4.76. The molecule has 22 heavy (non-hydrogen) atoms. The molecule has 2 atom stereocenters. The molecule has 0 bridgehead atoms. The van der Waals surface area contributed by atoms with Gasteiger partial charge in [0.25, 0.3) is 0 Å². The predicted molar refractivity (Wildman–Crippen MR) is 86.2 cm³/mol. The van der Waals surface area contributed by atoms with Crippen LogP contribution < -0.4 is 0 Å². The lowest BCUT2D eigenvalue weighted by Gasteiger charge is -2.29. The fraction of sp³-hybridized carbons (Fsp3) is 0.526. The number of hydrogen-bond acceptors (Lipinski definition) is 2. The SMILES string of the molecule is Cc1ccc(CC2C=C(O)C(C(=O)C(C)(C)C)CC2)cc1F. The second-order valence-corrected chi connectivity index (χ2v) is 7.38. The minimum Gasteiger partial charge on any atom is -0.512 e. The highest BCUT2D eigenvalue weighted by molar-refractivity contribution is 5.88. The smallest absolute Gasteiger partial charge is 0.148 e. The standard InChI is InChI=1S/C19H25FO2/c1-12-5-6-13(10-16(12)20)9-14-7-8-15(17(21)11-14)18(22)19(2,3)4/h5-6,10-11,14-15,21H,7-9H2,1-4H3. The zero-order chi connectivity index (χ0) is 16.5. The van der Waals surface area contributed by atoms with E-state index in [1.165, 1.54) is 0 Å². The lowest BCUT2D eigenvalue weighted by atomic mass is 9.75. The number of hydrogen-bond donors (Lipinski definition) is 1. The van der Waals surface area contributed by atoms with Crippen molar-refractivity contribution in [2.45, 2.75) is 47.0 Å². The van der Waals surface area contributed by atoms with Gasteiger partial charge in [0.05, 0.1) is 11.7 Å². The molecule has 0 fully saturated rings. The normalized spacial score (nSPS) is 22.3. The Morgan fingerprint density at radius 2 is 2.00 bits per heavy atom. The van der Waals surface area contributed by atoms with E-state index >= 15 is 0 Å². The van der Waals surface area contributed by atoms with Crippen LogP contribution in [0.4, 0.5) is 4.39 Å². The molecule has 0 saturated carbocycles. The number of aliphatic hydroxyl groups excluding tert-OH is 1. The van der Waals surface area contributed by atoms with Gasteiger partial charge in [-0.05, 0) is 55.4 Å². The summed E-state index contributed by atoms with van der Waals surface area (Å²) in [6.07, 6.45) is 3.98. The van der Waals surface area contributed by atoms with Gasteiger partial charge in [-0.15, -0.1) is 0 Å². The summed E-state index contributed by atoms with van der Waals surface area (Å²) >= 11 is 0. The van der Waals surface area contributed by atoms with Gasteiger partial charge in [-0.1, -0.05) is 32.9 Å². The summed E-state index contributed by atoms with van der Waals surface area (Å²) in [6.45, 7) is 7.38. The van der Waals surface area contributed by atoms with Crippen LogP contribution in [0.1, 0.15) is 44.7 Å². The summed E-state index contributed by atoms with van der Waals surface area (Å²) in [4.78, 5) is 12.3. The molecule has 0 spiro atoms. The van der Waals surface area contributed by atoms with Gasteiger partial charge >= 0.3 is 0 Å². The van der Waals surface area contributed by atoms with Crippen molar-refractivity contribution in [3.63, 3.8) is 0 Å². The highest BCUT2D eigenvalue weighted by atomic mass is 19.1. The highest BCUT2D eigenvalue weighted by Crippen LogP contribution is 2.34. The molecule has 0 heterocycles. The number of halogens is 1. The topological polar surface area (TPSA) is 37.3 Å². The number of benzene rings is 1. The first-order valence-electron chi connectivity index (χ1n) is 7.88. The van der Waals surface area contributed by atoms with Crippen molar-refractivity contribution in [3.05, 3.63) is 47.0 Å². The van der Waals surface area contributed by atoms with Crippen molar-refractivity contribution < 1.29 is 14.3 Å². The quantitative estimate of drug-likeness (QED) is 0.874. The van der Waals surface area contributed by atoms with Crippen LogP contribution in [-0.2, 0) is 11.2 Å². The molecule has 2 rings (SSSR count). The van der Waals surface area contributed by atoms with Crippen LogP contribution in [0.2, 0.25) is 0 Å². The maximum atomic E-state index is 13.6. The van der Waals surface area contributed by atoms with E-state index in [9.17, 15) is 14.3 Å². The zero-order valence-corrected chi connectivity index (χ0v) is 13.8. The number of aliphatic hydroxyl groups is 1. The van der Waals surface area contributed by atoms with Crippen molar-refractivity contribution in [2.24, 2.45) is 17.3 Å². The van der Waals surface area contributed by atoms with Crippen LogP contribution in [-0.4, -0.2) is 10.9 Å². The van der Waals surface area contributed by atoms with Crippen molar-refractivity contribution >= 4 is 5.78 Å². The van der Waals surface area contributed by atoms with E-state index in [1.54, 1.807) is 25.1 Å². The van der Waals surface area contributed by atoms with Gasteiger partial charge in [0.1, 0.15) is 11.6 Å². The van der Waals surface area contributed by atoms with Gasteiger partial charge in [0.2, 0.25) is 0 Å². The van der Waals surface area contributed by atoms with Gasteiger partial charge in [-0.3, -0.25) is 4.79 Å². The summed E-state index contributed by atoms with van der Waals surface area (Å²) in [5.41, 5.74) is 1.12. The monoisotopic (exact) mass is 304 g/mol. The molecule has 1 aliphatic rings. The fourth-order valence-electron chi connectivity index (χ4n) is 2.98. The Balaban J connectivity index is 2.09. The maximum absolute atomic E-state index is 13.6. The van der Waals surface area contributed by atoms with Crippen LogP contribution in [0.5, 0.6) is 0 Å². The summed E-state index contributed by atoms with van der Waals surface area (Å²) in [7, 11) is 0. The molecule has 0 aliphatic heterocycles. The van der Waals surface area contributed by atoms with E-state index < -0.39 is 5.41 Å². The molecule has 0 aromatic heterocycles. The Morgan fingerprint density at radius 3 is 2.55 bits per heavy atom. The number of carbonyl (C=O) groups is 1. The molecule has 0 amide bonds. The molecule has 1 aliphatic carbocycles. The van der Waals surface area contributed by atoms with E-state index in [2.05, 4.69) is 0 Å². The minimum absolute atomic E-state index is 0.0843. The third-order valence-electron chi connectivity index (χ3n) is 4.38. The van der Waals surface area contributed by atoms with Crippen molar-refractivity contribution in [2.75, 3.05) is 0 Å². The van der Waals surface area contributed by atoms with Crippen LogP contribution in [0, 0.1) is 30.0 Å². The first-order chi connectivity index (χ1) is 10.2. The number of carbonyl (C=O) groups excluding carboxylic acids is 1. The Bertz CT molecular complexity index is 596. The molecule has 1 aromatic rings. The first kappa shape index (κ1) is 16.7. The van der Waals surface area contributed by atoms with Crippen LogP contribution in [0.15, 0.2) is 30.0 Å². The van der Waals surface area contributed by atoms with E-state index in [4.69, 9.17) is 0 Å². The van der Waals surface area contributed by atoms with Gasteiger partial charge in [0, 0.05) is 5.41 Å². The van der Waals surface area contributed by atoms with E-state index in [0.29, 0.717) is 18.4 Å². The summed E-state index contributed by atoms with van der Waals surface area (Å²) < 4.78 is 13.6. The third kappa shape index (κ3) is 3.76. The van der Waals surface area contributed by atoms with Crippen molar-refractivity contribution in [1.29, 1.82) is 0 Å². The second kappa shape index (κ2) is 6.23. The van der Waals surface area contributed by atoms with Gasteiger partial charge < -0.3 is 5.11 Å². The van der Waals surface area contributed by atoms with Crippen molar-refractivity contribution in [1.82, 2.24) is 0 Å². The Labute approximate surface area is 132 Å². The maximum Gasteiger partial charge on any atom is 0.148 e. The number of Topliss-reactive ketones (excluding diaryl/α,β-unsaturated/α-hetero) is 1. The molecule has 1 N–H and O–H groups in total. The molecule has 0 saturated heterocycles. The number of aryl methyl sites for hydroxylation is 1. The zero-order valence-electron chi connectivity index (χ0n) is 13.8. The van der Waals surface area contributed by atoms with Crippen LogP contribution in [0.3, 0.4) is 0 Å². The summed E-state index contributed by atoms with van der Waals surface area (Å²) in [5, 5.41) is 10.2. The van der Waals surface area contributed by atoms with E-state index in [-0.39, 0.29) is 29.2 Å². The van der Waals surface area contributed by atoms with Gasteiger partial charge in [-0.2, -0.15) is 0 Å². The van der Waals surface area contributed by atoms with E-state index in [1.807, 2.05) is 26.8 Å². The second-order valence-electron chi connectivity index (χ2n) is 7.38. The lowest BCUT2D eigenvalue weighted by Crippen LogP contribution is -2.32. The first-order valence-corrected chi connectivity index (χ1v) is 7.88. The average Bonchev–Trinajstić information content (AvgIpc) is 2.41. The highest BCUT2D eigenvalue weighted by Gasteiger charge is 2.34. The minimum atomic E-state index is -0.445.